The van der Waals surface area contributed by atoms with Gasteiger partial charge in [-0.1, -0.05) is 0 Å². The minimum absolute atomic E-state index is 0.0695. The molecule has 8 nitrogen and oxygen atoms in total. The van der Waals surface area contributed by atoms with Gasteiger partial charge in [0.15, 0.2) is 12.4 Å². The molecule has 1 unspecified atom stereocenters. The van der Waals surface area contributed by atoms with E-state index in [1.807, 2.05) is 0 Å². The maximum atomic E-state index is 10.9. The number of hydrogen-bond donors (Lipinski definition) is 3. The Hall–Kier alpha value is -1.22. The molecular formula is C9H12O8. The number of carbonyl (C=O) groups is 2. The topological polar surface area (TPSA) is 123 Å². The number of hydrogen-bond acceptors (Lipinski definition) is 6. The predicted molar refractivity (Wildman–Crippen MR) is 48.9 cm³/mol. The molecule has 2 rings (SSSR count). The van der Waals surface area contributed by atoms with Crippen molar-refractivity contribution in [1.29, 1.82) is 0 Å². The lowest BCUT2D eigenvalue weighted by Crippen LogP contribution is -2.49. The van der Waals surface area contributed by atoms with Crippen molar-refractivity contribution < 1.29 is 39.1 Å². The van der Waals surface area contributed by atoms with Gasteiger partial charge in [-0.2, -0.15) is 0 Å². The van der Waals surface area contributed by atoms with Gasteiger partial charge < -0.3 is 29.5 Å². The van der Waals surface area contributed by atoms with E-state index in [0.717, 1.165) is 0 Å². The van der Waals surface area contributed by atoms with Crippen molar-refractivity contribution in [2.45, 2.75) is 43.7 Å². The Balaban J connectivity index is 2.15. The lowest BCUT2D eigenvalue weighted by molar-refractivity contribution is -0.236. The van der Waals surface area contributed by atoms with Crippen LogP contribution in [0, 0.1) is 0 Å². The zero-order valence-corrected chi connectivity index (χ0v) is 8.90. The molecule has 96 valence electrons. The largest absolute Gasteiger partial charge is 0.479 e. The summed E-state index contributed by atoms with van der Waals surface area (Å²) in [5, 5.41) is 27.2. The monoisotopic (exact) mass is 248 g/mol. The smallest absolute Gasteiger partial charge is 0.364 e. The first-order valence-corrected chi connectivity index (χ1v) is 4.99. The fraction of sp³-hybridized carbons (Fsp3) is 0.778. The third kappa shape index (κ3) is 2.00. The molecule has 17 heavy (non-hydrogen) atoms. The second kappa shape index (κ2) is 3.91. The van der Waals surface area contributed by atoms with Gasteiger partial charge in [0.1, 0.15) is 6.10 Å². The van der Waals surface area contributed by atoms with Gasteiger partial charge in [-0.15, -0.1) is 0 Å². The first kappa shape index (κ1) is 12.2. The molecule has 0 radical (unpaired) electrons. The van der Waals surface area contributed by atoms with E-state index >= 15 is 0 Å². The normalized spacial score (nSPS) is 45.3. The van der Waals surface area contributed by atoms with Gasteiger partial charge >= 0.3 is 11.9 Å². The summed E-state index contributed by atoms with van der Waals surface area (Å²) in [5.41, 5.74) is 0. The van der Waals surface area contributed by atoms with Gasteiger partial charge in [-0.3, -0.25) is 0 Å². The average Bonchev–Trinajstić information content (AvgIpc) is 2.56. The molecule has 8 heteroatoms. The second-order valence-corrected chi connectivity index (χ2v) is 4.08. The summed E-state index contributed by atoms with van der Waals surface area (Å²) in [5.74, 6) is -4.46. The number of carboxylic acids is 2. The number of aliphatic hydroxyl groups excluding tert-OH is 1. The molecule has 0 aromatic carbocycles. The Bertz CT molecular complexity index is 355. The Kier molecular flexibility index (Phi) is 2.82. The Morgan fingerprint density at radius 3 is 2.47 bits per heavy atom. The van der Waals surface area contributed by atoms with Crippen LogP contribution in [-0.2, 0) is 23.8 Å². The molecule has 2 saturated heterocycles. The molecule has 0 aromatic rings. The van der Waals surface area contributed by atoms with Crippen molar-refractivity contribution in [3.8, 4) is 0 Å². The second-order valence-electron chi connectivity index (χ2n) is 4.08. The van der Waals surface area contributed by atoms with Crippen molar-refractivity contribution in [1.82, 2.24) is 0 Å². The lowest BCUT2D eigenvalue weighted by Gasteiger charge is -2.31. The molecule has 0 spiro atoms. The highest BCUT2D eigenvalue weighted by atomic mass is 16.8. The molecule has 0 amide bonds. The third-order valence-corrected chi connectivity index (χ3v) is 2.80. The molecule has 2 aliphatic rings. The van der Waals surface area contributed by atoms with Crippen LogP contribution in [0.5, 0.6) is 0 Å². The molecule has 0 bridgehead atoms. The number of aliphatic hydroxyl groups is 1. The van der Waals surface area contributed by atoms with Crippen LogP contribution >= 0.6 is 0 Å². The van der Waals surface area contributed by atoms with Gasteiger partial charge in [0.05, 0.1) is 6.10 Å². The molecule has 0 aromatic heterocycles. The first-order chi connectivity index (χ1) is 7.83. The van der Waals surface area contributed by atoms with E-state index in [2.05, 4.69) is 0 Å². The van der Waals surface area contributed by atoms with Crippen molar-refractivity contribution in [3.05, 3.63) is 0 Å². The molecule has 2 fully saturated rings. The third-order valence-electron chi connectivity index (χ3n) is 2.80. The quantitative estimate of drug-likeness (QED) is 0.554. The minimum atomic E-state index is -1.88. The molecular weight excluding hydrogens is 236 g/mol. The molecule has 3 N–H and O–H groups in total. The molecule has 2 aliphatic heterocycles. The highest BCUT2D eigenvalue weighted by molar-refractivity contribution is 5.75. The number of aliphatic carboxylic acids is 2. The van der Waals surface area contributed by atoms with Crippen LogP contribution in [0.2, 0.25) is 0 Å². The van der Waals surface area contributed by atoms with Crippen molar-refractivity contribution in [2.24, 2.45) is 0 Å². The number of carboxylic acid groups (broad SMARTS) is 2. The SMILES string of the molecule is C[C@]1(C(=O)O)O[C@H]2[C@H](O)OC(C(=O)O)C[C@@H]2O1. The van der Waals surface area contributed by atoms with Crippen LogP contribution in [0.1, 0.15) is 13.3 Å². The molecule has 5 atom stereocenters. The lowest BCUT2D eigenvalue weighted by atomic mass is 10.0. The summed E-state index contributed by atoms with van der Waals surface area (Å²) in [6, 6.07) is 0. The van der Waals surface area contributed by atoms with Gasteiger partial charge in [-0.05, 0) is 0 Å². The summed E-state index contributed by atoms with van der Waals surface area (Å²) in [6.45, 7) is 1.19. The Morgan fingerprint density at radius 2 is 1.94 bits per heavy atom. The summed E-state index contributed by atoms with van der Waals surface area (Å²) >= 11 is 0. The molecule has 0 saturated carbocycles. The predicted octanol–water partition coefficient (Wildman–Crippen LogP) is -1.24. The molecule has 2 heterocycles. The fourth-order valence-corrected chi connectivity index (χ4v) is 1.92. The standard InChI is InChI=1S/C9H12O8/c1-9(8(13)14)16-3-2-4(6(10)11)15-7(12)5(3)17-9/h3-5,7,12H,2H2,1H3,(H,10,11)(H,13,14)/t3-,4?,5+,7+,9+/m0/s1. The number of fused-ring (bicyclic) bond motifs is 1. The van der Waals surface area contributed by atoms with Gasteiger partial charge in [0.2, 0.25) is 0 Å². The van der Waals surface area contributed by atoms with E-state index in [1.54, 1.807) is 0 Å². The Labute approximate surface area is 95.7 Å². The maximum absolute atomic E-state index is 10.9. The number of ether oxygens (including phenoxy) is 3. The fourth-order valence-electron chi connectivity index (χ4n) is 1.92. The average molecular weight is 248 g/mol. The van der Waals surface area contributed by atoms with Crippen molar-refractivity contribution >= 4 is 11.9 Å². The Morgan fingerprint density at radius 1 is 1.29 bits per heavy atom. The van der Waals surface area contributed by atoms with Gasteiger partial charge in [-0.25, -0.2) is 9.59 Å². The van der Waals surface area contributed by atoms with Crippen LogP contribution < -0.4 is 0 Å². The maximum Gasteiger partial charge on any atom is 0.364 e. The summed E-state index contributed by atoms with van der Waals surface area (Å²) in [7, 11) is 0. The van der Waals surface area contributed by atoms with E-state index in [-0.39, 0.29) is 6.42 Å². The van der Waals surface area contributed by atoms with E-state index in [9.17, 15) is 14.7 Å². The zero-order chi connectivity index (χ0) is 12.8. The zero-order valence-electron chi connectivity index (χ0n) is 8.90. The van der Waals surface area contributed by atoms with Crippen LogP contribution in [0.3, 0.4) is 0 Å². The minimum Gasteiger partial charge on any atom is -0.479 e. The van der Waals surface area contributed by atoms with Crippen LogP contribution in [0.4, 0.5) is 0 Å². The van der Waals surface area contributed by atoms with Gasteiger partial charge in [0, 0.05) is 13.3 Å². The number of rotatable bonds is 2. The summed E-state index contributed by atoms with van der Waals surface area (Å²) in [6.07, 6.45) is -4.63. The van der Waals surface area contributed by atoms with Crippen molar-refractivity contribution in [2.75, 3.05) is 0 Å². The van der Waals surface area contributed by atoms with E-state index < -0.39 is 42.3 Å². The molecule has 0 aliphatic carbocycles. The van der Waals surface area contributed by atoms with Crippen LogP contribution in [0.15, 0.2) is 0 Å². The van der Waals surface area contributed by atoms with Crippen LogP contribution in [-0.4, -0.2) is 57.6 Å². The van der Waals surface area contributed by atoms with Crippen LogP contribution in [0.25, 0.3) is 0 Å². The van der Waals surface area contributed by atoms with E-state index in [0.29, 0.717) is 0 Å². The van der Waals surface area contributed by atoms with E-state index in [1.165, 1.54) is 6.92 Å². The summed E-state index contributed by atoms with van der Waals surface area (Å²) in [4.78, 5) is 21.6. The highest BCUT2D eigenvalue weighted by Gasteiger charge is 2.56. The van der Waals surface area contributed by atoms with Gasteiger partial charge in [0.25, 0.3) is 5.79 Å². The van der Waals surface area contributed by atoms with E-state index in [4.69, 9.17) is 24.4 Å². The van der Waals surface area contributed by atoms with Crippen molar-refractivity contribution in [3.63, 3.8) is 0 Å². The highest BCUT2D eigenvalue weighted by Crippen LogP contribution is 2.36. The first-order valence-electron chi connectivity index (χ1n) is 4.99. The summed E-state index contributed by atoms with van der Waals surface area (Å²) < 4.78 is 15.0.